The molecule has 122 valence electrons. The monoisotopic (exact) mass is 330 g/mol. The lowest BCUT2D eigenvalue weighted by Crippen LogP contribution is -2.11. The summed E-state index contributed by atoms with van der Waals surface area (Å²) in [5, 5.41) is 7.71. The van der Waals surface area contributed by atoms with E-state index in [2.05, 4.69) is 20.4 Å². The van der Waals surface area contributed by atoms with E-state index in [1.807, 2.05) is 48.5 Å². The van der Waals surface area contributed by atoms with E-state index in [-0.39, 0.29) is 5.91 Å². The number of nitrogens with zero attached hydrogens (tertiary/aromatic N) is 3. The first kappa shape index (κ1) is 15.0. The van der Waals surface area contributed by atoms with E-state index in [0.29, 0.717) is 23.0 Å². The summed E-state index contributed by atoms with van der Waals surface area (Å²) in [6, 6.07) is 16.5. The van der Waals surface area contributed by atoms with Gasteiger partial charge in [0.2, 0.25) is 11.7 Å². The third-order valence-corrected chi connectivity index (χ3v) is 3.77. The zero-order valence-electron chi connectivity index (χ0n) is 13.4. The Labute approximate surface area is 143 Å². The van der Waals surface area contributed by atoms with Crippen LogP contribution in [0, 0.1) is 6.92 Å². The lowest BCUT2D eigenvalue weighted by molar-refractivity contribution is 0.102. The maximum absolute atomic E-state index is 12.5. The van der Waals surface area contributed by atoms with E-state index in [4.69, 9.17) is 4.52 Å². The molecule has 0 aliphatic carbocycles. The quantitative estimate of drug-likeness (QED) is 0.617. The highest BCUT2D eigenvalue weighted by Gasteiger charge is 2.10. The molecule has 2 aromatic carbocycles. The molecule has 0 spiro atoms. The summed E-state index contributed by atoms with van der Waals surface area (Å²) in [6.07, 6.45) is 1.73. The molecule has 0 fully saturated rings. The van der Waals surface area contributed by atoms with Gasteiger partial charge in [-0.2, -0.15) is 4.98 Å². The van der Waals surface area contributed by atoms with Crippen molar-refractivity contribution in [3.05, 3.63) is 72.2 Å². The van der Waals surface area contributed by atoms with Crippen molar-refractivity contribution in [3.63, 3.8) is 0 Å². The molecule has 0 saturated carbocycles. The lowest BCUT2D eigenvalue weighted by Gasteiger charge is -2.07. The van der Waals surface area contributed by atoms with E-state index in [0.717, 1.165) is 16.5 Å². The van der Waals surface area contributed by atoms with Crippen LogP contribution in [0.1, 0.15) is 16.2 Å². The molecular formula is C19H14N4O2. The number of pyridine rings is 1. The van der Waals surface area contributed by atoms with Gasteiger partial charge in [0.05, 0.1) is 5.52 Å². The van der Waals surface area contributed by atoms with Crippen LogP contribution in [-0.4, -0.2) is 21.0 Å². The standard InChI is InChI=1S/C19H14N4O2/c1-12-21-18(23-25-12)14-4-2-6-16(11-14)22-19(24)15-7-8-17-13(10-15)5-3-9-20-17/h2-11H,1H3,(H,22,24). The van der Waals surface area contributed by atoms with Gasteiger partial charge in [0.25, 0.3) is 5.91 Å². The fourth-order valence-corrected chi connectivity index (χ4v) is 2.57. The van der Waals surface area contributed by atoms with E-state index in [9.17, 15) is 4.79 Å². The Hall–Kier alpha value is -3.54. The number of nitrogens with one attached hydrogen (secondary N) is 1. The van der Waals surface area contributed by atoms with Gasteiger partial charge in [-0.3, -0.25) is 9.78 Å². The summed E-state index contributed by atoms with van der Waals surface area (Å²) in [5.74, 6) is 0.798. The number of aryl methyl sites for hydroxylation is 1. The maximum atomic E-state index is 12.5. The van der Waals surface area contributed by atoms with Gasteiger partial charge in [-0.05, 0) is 36.4 Å². The molecule has 0 aliphatic rings. The molecular weight excluding hydrogens is 316 g/mol. The van der Waals surface area contributed by atoms with Crippen LogP contribution in [0.15, 0.2) is 65.3 Å². The molecule has 0 saturated heterocycles. The molecule has 0 bridgehead atoms. The first-order valence-corrected chi connectivity index (χ1v) is 7.76. The largest absolute Gasteiger partial charge is 0.339 e. The summed E-state index contributed by atoms with van der Waals surface area (Å²) in [7, 11) is 0. The zero-order valence-corrected chi connectivity index (χ0v) is 13.4. The number of amides is 1. The molecule has 0 atom stereocenters. The van der Waals surface area contributed by atoms with Crippen molar-refractivity contribution in [1.82, 2.24) is 15.1 Å². The van der Waals surface area contributed by atoms with Crippen molar-refractivity contribution in [2.75, 3.05) is 5.32 Å². The Morgan fingerprint density at radius 3 is 2.84 bits per heavy atom. The number of carbonyl (C=O) groups excluding carboxylic acids is 1. The van der Waals surface area contributed by atoms with Crippen molar-refractivity contribution >= 4 is 22.5 Å². The summed E-state index contributed by atoms with van der Waals surface area (Å²) in [4.78, 5) is 21.0. The third kappa shape index (κ3) is 3.10. The minimum Gasteiger partial charge on any atom is -0.339 e. The van der Waals surface area contributed by atoms with Gasteiger partial charge in [-0.15, -0.1) is 0 Å². The molecule has 0 unspecified atom stereocenters. The summed E-state index contributed by atoms with van der Waals surface area (Å²) in [5.41, 5.74) is 2.86. The second-order valence-corrected chi connectivity index (χ2v) is 5.58. The van der Waals surface area contributed by atoms with Gasteiger partial charge < -0.3 is 9.84 Å². The van der Waals surface area contributed by atoms with Crippen LogP contribution in [0.25, 0.3) is 22.3 Å². The molecule has 0 radical (unpaired) electrons. The van der Waals surface area contributed by atoms with Crippen LogP contribution in [0.5, 0.6) is 0 Å². The molecule has 0 aliphatic heterocycles. The number of aromatic nitrogens is 3. The Morgan fingerprint density at radius 1 is 1.08 bits per heavy atom. The topological polar surface area (TPSA) is 80.9 Å². The van der Waals surface area contributed by atoms with E-state index < -0.39 is 0 Å². The molecule has 2 aromatic heterocycles. The summed E-state index contributed by atoms with van der Waals surface area (Å²) >= 11 is 0. The highest BCUT2D eigenvalue weighted by Crippen LogP contribution is 2.21. The average Bonchev–Trinajstić information content (AvgIpc) is 3.08. The van der Waals surface area contributed by atoms with Crippen LogP contribution < -0.4 is 5.32 Å². The average molecular weight is 330 g/mol. The normalized spacial score (nSPS) is 10.8. The fourth-order valence-electron chi connectivity index (χ4n) is 2.57. The Balaban J connectivity index is 1.59. The molecule has 1 amide bonds. The fraction of sp³-hybridized carbons (Fsp3) is 0.0526. The second-order valence-electron chi connectivity index (χ2n) is 5.58. The lowest BCUT2D eigenvalue weighted by atomic mass is 10.1. The number of anilines is 1. The molecule has 2 heterocycles. The minimum absolute atomic E-state index is 0.188. The molecule has 4 rings (SSSR count). The molecule has 6 nitrogen and oxygen atoms in total. The van der Waals surface area contributed by atoms with Crippen LogP contribution in [0.2, 0.25) is 0 Å². The number of carbonyl (C=O) groups is 1. The number of fused-ring (bicyclic) bond motifs is 1. The predicted octanol–water partition coefficient (Wildman–Crippen LogP) is 3.85. The molecule has 25 heavy (non-hydrogen) atoms. The van der Waals surface area contributed by atoms with Crippen molar-refractivity contribution in [1.29, 1.82) is 0 Å². The number of benzene rings is 2. The van der Waals surface area contributed by atoms with Crippen molar-refractivity contribution in [2.45, 2.75) is 6.92 Å². The zero-order chi connectivity index (χ0) is 17.2. The van der Waals surface area contributed by atoms with Gasteiger partial charge in [-0.1, -0.05) is 23.4 Å². The molecule has 6 heteroatoms. The highest BCUT2D eigenvalue weighted by molar-refractivity contribution is 6.06. The molecule has 1 N–H and O–H groups in total. The number of rotatable bonds is 3. The van der Waals surface area contributed by atoms with Crippen molar-refractivity contribution in [3.8, 4) is 11.4 Å². The van der Waals surface area contributed by atoms with E-state index in [1.165, 1.54) is 0 Å². The van der Waals surface area contributed by atoms with Gasteiger partial charge in [0, 0.05) is 35.3 Å². The Morgan fingerprint density at radius 2 is 2.00 bits per heavy atom. The summed E-state index contributed by atoms with van der Waals surface area (Å²) in [6.45, 7) is 1.73. The molecule has 4 aromatic rings. The number of hydrogen-bond acceptors (Lipinski definition) is 5. The number of hydrogen-bond donors (Lipinski definition) is 1. The van der Waals surface area contributed by atoms with E-state index >= 15 is 0 Å². The minimum atomic E-state index is -0.188. The first-order valence-electron chi connectivity index (χ1n) is 7.76. The van der Waals surface area contributed by atoms with Crippen LogP contribution in [0.4, 0.5) is 5.69 Å². The Bertz CT molecular complexity index is 1070. The van der Waals surface area contributed by atoms with Crippen molar-refractivity contribution in [2.24, 2.45) is 0 Å². The predicted molar refractivity (Wildman–Crippen MR) is 94.2 cm³/mol. The maximum Gasteiger partial charge on any atom is 0.255 e. The van der Waals surface area contributed by atoms with Crippen LogP contribution >= 0.6 is 0 Å². The smallest absolute Gasteiger partial charge is 0.255 e. The van der Waals surface area contributed by atoms with Crippen molar-refractivity contribution < 1.29 is 9.32 Å². The van der Waals surface area contributed by atoms with Gasteiger partial charge in [-0.25, -0.2) is 0 Å². The van der Waals surface area contributed by atoms with Crippen LogP contribution in [-0.2, 0) is 0 Å². The Kier molecular flexibility index (Phi) is 3.70. The summed E-state index contributed by atoms with van der Waals surface area (Å²) < 4.78 is 5.00. The SMILES string of the molecule is Cc1nc(-c2cccc(NC(=O)c3ccc4ncccc4c3)c2)no1. The van der Waals surface area contributed by atoms with Gasteiger partial charge >= 0.3 is 0 Å². The highest BCUT2D eigenvalue weighted by atomic mass is 16.5. The van der Waals surface area contributed by atoms with Gasteiger partial charge in [0.1, 0.15) is 0 Å². The van der Waals surface area contributed by atoms with E-state index in [1.54, 1.807) is 19.2 Å². The van der Waals surface area contributed by atoms with Gasteiger partial charge in [0.15, 0.2) is 0 Å². The third-order valence-electron chi connectivity index (χ3n) is 3.77. The first-order chi connectivity index (χ1) is 12.2. The van der Waals surface area contributed by atoms with Crippen LogP contribution in [0.3, 0.4) is 0 Å². The second kappa shape index (κ2) is 6.16.